The molecule has 0 unspecified atom stereocenters. The quantitative estimate of drug-likeness (QED) is 0.833. The van der Waals surface area contributed by atoms with Crippen molar-refractivity contribution in [3.63, 3.8) is 0 Å². The second-order valence-electron chi connectivity index (χ2n) is 4.25. The van der Waals surface area contributed by atoms with Crippen molar-refractivity contribution < 1.29 is 13.5 Å². The van der Waals surface area contributed by atoms with E-state index in [0.29, 0.717) is 30.3 Å². The van der Waals surface area contributed by atoms with E-state index in [0.717, 1.165) is 11.1 Å². The fraction of sp³-hybridized carbons (Fsp3) is 0.385. The highest BCUT2D eigenvalue weighted by molar-refractivity contribution is 7.14. The first kappa shape index (κ1) is 15.0. The van der Waals surface area contributed by atoms with E-state index in [2.05, 4.69) is 15.5 Å². The van der Waals surface area contributed by atoms with E-state index in [1.807, 2.05) is 0 Å². The summed E-state index contributed by atoms with van der Waals surface area (Å²) >= 11 is 1.28. The van der Waals surface area contributed by atoms with Crippen molar-refractivity contribution in [1.29, 1.82) is 0 Å². The molecule has 0 aliphatic heterocycles. The molecule has 108 valence electrons. The minimum Gasteiger partial charge on any atom is -0.383 e. The second kappa shape index (κ2) is 6.83. The number of hydrogen-bond acceptors (Lipinski definition) is 5. The van der Waals surface area contributed by atoms with E-state index in [1.54, 1.807) is 14.0 Å². The lowest BCUT2D eigenvalue weighted by molar-refractivity contribution is 0.199. The molecule has 1 aromatic carbocycles. The normalized spacial score (nSPS) is 11.0. The van der Waals surface area contributed by atoms with E-state index in [4.69, 9.17) is 4.74 Å². The molecular formula is C13H15F2N3OS. The maximum Gasteiger partial charge on any atom is 0.150 e. The van der Waals surface area contributed by atoms with E-state index >= 15 is 0 Å². The monoisotopic (exact) mass is 299 g/mol. The average Bonchev–Trinajstić information content (AvgIpc) is 2.87. The van der Waals surface area contributed by atoms with E-state index < -0.39 is 11.6 Å². The zero-order valence-corrected chi connectivity index (χ0v) is 12.1. The highest BCUT2D eigenvalue weighted by atomic mass is 32.1. The van der Waals surface area contributed by atoms with Crippen molar-refractivity contribution in [3.05, 3.63) is 34.3 Å². The molecular weight excluding hydrogens is 284 g/mol. The summed E-state index contributed by atoms with van der Waals surface area (Å²) in [5, 5.41) is 12.3. The van der Waals surface area contributed by atoms with Crippen LogP contribution in [0.5, 0.6) is 0 Å². The minimum absolute atomic E-state index is 0.282. The van der Waals surface area contributed by atoms with Crippen LogP contribution in [0.3, 0.4) is 0 Å². The largest absolute Gasteiger partial charge is 0.383 e. The molecule has 0 fully saturated rings. The van der Waals surface area contributed by atoms with Crippen LogP contribution >= 0.6 is 11.3 Å². The predicted octanol–water partition coefficient (Wildman–Crippen LogP) is 2.53. The van der Waals surface area contributed by atoms with Crippen LogP contribution in [0.4, 0.5) is 8.78 Å². The predicted molar refractivity (Wildman–Crippen MR) is 73.6 cm³/mol. The Bertz CT molecular complexity index is 589. The van der Waals surface area contributed by atoms with Gasteiger partial charge in [-0.25, -0.2) is 8.78 Å². The maximum atomic E-state index is 13.7. The Hall–Kier alpha value is -1.44. The Labute approximate surface area is 119 Å². The third kappa shape index (κ3) is 3.56. The van der Waals surface area contributed by atoms with Gasteiger partial charge in [-0.3, -0.25) is 0 Å². The number of benzene rings is 1. The van der Waals surface area contributed by atoms with Gasteiger partial charge < -0.3 is 10.1 Å². The second-order valence-corrected chi connectivity index (χ2v) is 5.31. The topological polar surface area (TPSA) is 47.0 Å². The molecule has 7 heteroatoms. The Kier molecular flexibility index (Phi) is 5.11. The maximum absolute atomic E-state index is 13.7. The van der Waals surface area contributed by atoms with Gasteiger partial charge in [0, 0.05) is 31.8 Å². The van der Waals surface area contributed by atoms with Gasteiger partial charge in [0.2, 0.25) is 0 Å². The van der Waals surface area contributed by atoms with Gasteiger partial charge in [-0.15, -0.1) is 10.2 Å². The Balaban J connectivity index is 2.10. The molecule has 1 aromatic heterocycles. The molecule has 2 aromatic rings. The van der Waals surface area contributed by atoms with Crippen LogP contribution in [-0.4, -0.2) is 30.5 Å². The number of nitrogens with one attached hydrogen (secondary N) is 1. The average molecular weight is 299 g/mol. The molecule has 0 saturated heterocycles. The van der Waals surface area contributed by atoms with Crippen molar-refractivity contribution in [2.75, 3.05) is 20.3 Å². The van der Waals surface area contributed by atoms with Crippen LogP contribution < -0.4 is 5.32 Å². The Morgan fingerprint density at radius 3 is 2.80 bits per heavy atom. The summed E-state index contributed by atoms with van der Waals surface area (Å²) in [7, 11) is 1.63. The Morgan fingerprint density at radius 2 is 2.05 bits per heavy atom. The molecule has 0 amide bonds. The molecule has 2 rings (SSSR count). The van der Waals surface area contributed by atoms with Gasteiger partial charge in [-0.1, -0.05) is 11.3 Å². The highest BCUT2D eigenvalue weighted by Gasteiger charge is 2.13. The smallest absolute Gasteiger partial charge is 0.150 e. The molecule has 0 aliphatic rings. The van der Waals surface area contributed by atoms with Crippen LogP contribution in [0.25, 0.3) is 10.6 Å². The molecule has 20 heavy (non-hydrogen) atoms. The third-order valence-electron chi connectivity index (χ3n) is 2.70. The van der Waals surface area contributed by atoms with Gasteiger partial charge in [0.1, 0.15) is 16.6 Å². The van der Waals surface area contributed by atoms with Crippen molar-refractivity contribution in [1.82, 2.24) is 15.5 Å². The summed E-state index contributed by atoms with van der Waals surface area (Å²) in [6.45, 7) is 3.45. The first-order valence-corrected chi connectivity index (χ1v) is 6.91. The molecule has 1 heterocycles. The SMILES string of the molecule is COCCNCc1nnc(-c2cc(C)c(F)cc2F)s1. The number of aromatic nitrogens is 2. The molecule has 0 aliphatic carbocycles. The van der Waals surface area contributed by atoms with Gasteiger partial charge in [-0.2, -0.15) is 0 Å². The van der Waals surface area contributed by atoms with Crippen LogP contribution in [0.15, 0.2) is 12.1 Å². The first-order chi connectivity index (χ1) is 9.61. The van der Waals surface area contributed by atoms with Gasteiger partial charge >= 0.3 is 0 Å². The van der Waals surface area contributed by atoms with Gasteiger partial charge in [0.15, 0.2) is 5.01 Å². The molecule has 4 nitrogen and oxygen atoms in total. The molecule has 0 saturated carbocycles. The molecule has 1 N–H and O–H groups in total. The molecule has 0 spiro atoms. The summed E-state index contributed by atoms with van der Waals surface area (Å²) in [6.07, 6.45) is 0. The number of ether oxygens (including phenoxy) is 1. The highest BCUT2D eigenvalue weighted by Crippen LogP contribution is 2.28. The lowest BCUT2D eigenvalue weighted by Crippen LogP contribution is -2.18. The number of rotatable bonds is 6. The van der Waals surface area contributed by atoms with Crippen LogP contribution in [0, 0.1) is 18.6 Å². The van der Waals surface area contributed by atoms with E-state index in [1.165, 1.54) is 17.4 Å². The third-order valence-corrected chi connectivity index (χ3v) is 3.66. The Morgan fingerprint density at radius 1 is 1.25 bits per heavy atom. The lowest BCUT2D eigenvalue weighted by Gasteiger charge is -2.02. The van der Waals surface area contributed by atoms with Crippen molar-refractivity contribution in [2.45, 2.75) is 13.5 Å². The van der Waals surface area contributed by atoms with Crippen molar-refractivity contribution in [2.24, 2.45) is 0 Å². The standard InChI is InChI=1S/C13H15F2N3OS/c1-8-5-9(11(15)6-10(8)14)13-18-17-12(20-13)7-16-3-4-19-2/h5-6,16H,3-4,7H2,1-2H3. The van der Waals surface area contributed by atoms with Gasteiger partial charge in [0.05, 0.1) is 6.61 Å². The summed E-state index contributed by atoms with van der Waals surface area (Å²) in [5.41, 5.74) is 0.668. The van der Waals surface area contributed by atoms with E-state index in [9.17, 15) is 8.78 Å². The zero-order chi connectivity index (χ0) is 14.5. The van der Waals surface area contributed by atoms with E-state index in [-0.39, 0.29) is 5.56 Å². The van der Waals surface area contributed by atoms with Crippen LogP contribution in [-0.2, 0) is 11.3 Å². The van der Waals surface area contributed by atoms with Crippen LogP contribution in [0.2, 0.25) is 0 Å². The number of aryl methyl sites for hydroxylation is 1. The van der Waals surface area contributed by atoms with Crippen molar-refractivity contribution >= 4 is 11.3 Å². The molecule has 0 radical (unpaired) electrons. The summed E-state index contributed by atoms with van der Waals surface area (Å²) < 4.78 is 31.9. The number of nitrogens with zero attached hydrogens (tertiary/aromatic N) is 2. The van der Waals surface area contributed by atoms with Gasteiger partial charge in [0.25, 0.3) is 0 Å². The number of halogens is 2. The lowest BCUT2D eigenvalue weighted by atomic mass is 10.1. The fourth-order valence-corrected chi connectivity index (χ4v) is 2.45. The fourth-order valence-electron chi connectivity index (χ4n) is 1.62. The summed E-state index contributed by atoms with van der Waals surface area (Å²) in [6, 6.07) is 2.33. The first-order valence-electron chi connectivity index (χ1n) is 6.10. The number of hydrogen-bond donors (Lipinski definition) is 1. The zero-order valence-electron chi connectivity index (χ0n) is 11.2. The van der Waals surface area contributed by atoms with Crippen molar-refractivity contribution in [3.8, 4) is 10.6 Å². The van der Waals surface area contributed by atoms with Gasteiger partial charge in [-0.05, 0) is 18.6 Å². The summed E-state index contributed by atoms with van der Waals surface area (Å²) in [5.74, 6) is -1.18. The molecule has 0 atom stereocenters. The van der Waals surface area contributed by atoms with Crippen LogP contribution in [0.1, 0.15) is 10.6 Å². The minimum atomic E-state index is -0.622. The summed E-state index contributed by atoms with van der Waals surface area (Å²) in [4.78, 5) is 0. The number of methoxy groups -OCH3 is 1. The molecule has 0 bridgehead atoms.